The number of rotatable bonds is 11. The normalized spacial score (nSPS) is 11.0. The van der Waals surface area contributed by atoms with Gasteiger partial charge in [0.25, 0.3) is 0 Å². The highest BCUT2D eigenvalue weighted by Gasteiger charge is 2.14. The van der Waals surface area contributed by atoms with E-state index in [0.717, 1.165) is 39.4 Å². The molecule has 41 heavy (non-hydrogen) atoms. The number of urea groups is 1. The summed E-state index contributed by atoms with van der Waals surface area (Å²) in [5.74, 6) is -0.0542. The number of carbonyl (C=O) groups is 1. The molecule has 0 saturated heterocycles. The number of amides is 2. The zero-order chi connectivity index (χ0) is 28.6. The van der Waals surface area contributed by atoms with Gasteiger partial charge in [-0.1, -0.05) is 42.5 Å². The molecule has 0 aliphatic carbocycles. The molecule has 210 valence electrons. The lowest BCUT2D eigenvalue weighted by atomic mass is 10.1. The first-order chi connectivity index (χ1) is 20.0. The second-order valence-electron chi connectivity index (χ2n) is 9.38. The molecule has 3 aromatic carbocycles. The van der Waals surface area contributed by atoms with Gasteiger partial charge in [0.1, 0.15) is 5.75 Å². The lowest BCUT2D eigenvalue weighted by molar-refractivity contribution is 0.158. The van der Waals surface area contributed by atoms with Gasteiger partial charge in [0.2, 0.25) is 0 Å². The molecule has 0 spiro atoms. The van der Waals surface area contributed by atoms with Crippen molar-refractivity contribution in [2.24, 2.45) is 0 Å². The SMILES string of the molecule is COCCN(C)Cc1ccc(-c2cc3nccc(Oc4ccc(NC(=O)NNc5ccccc5)cc4F)c3s2)cc1. The number of methoxy groups -OCH3 is 1. The van der Waals surface area contributed by atoms with Crippen LogP contribution in [0.25, 0.3) is 20.7 Å². The van der Waals surface area contributed by atoms with Crippen molar-refractivity contribution in [2.45, 2.75) is 6.54 Å². The van der Waals surface area contributed by atoms with Crippen LogP contribution >= 0.6 is 11.3 Å². The fourth-order valence-corrected chi connectivity index (χ4v) is 5.21. The summed E-state index contributed by atoms with van der Waals surface area (Å²) >= 11 is 1.54. The maximum absolute atomic E-state index is 15.0. The fourth-order valence-electron chi connectivity index (χ4n) is 4.14. The summed E-state index contributed by atoms with van der Waals surface area (Å²) in [7, 11) is 3.78. The van der Waals surface area contributed by atoms with E-state index in [1.807, 2.05) is 24.3 Å². The number of anilines is 2. The zero-order valence-corrected chi connectivity index (χ0v) is 23.5. The van der Waals surface area contributed by atoms with Crippen molar-refractivity contribution in [3.8, 4) is 21.9 Å². The Balaban J connectivity index is 1.25. The van der Waals surface area contributed by atoms with E-state index in [-0.39, 0.29) is 11.4 Å². The van der Waals surface area contributed by atoms with Gasteiger partial charge in [0.05, 0.1) is 22.5 Å². The summed E-state index contributed by atoms with van der Waals surface area (Å²) in [5, 5.41) is 2.59. The largest absolute Gasteiger partial charge is 0.453 e. The number of thiophene rings is 1. The van der Waals surface area contributed by atoms with Crippen molar-refractivity contribution in [3.63, 3.8) is 0 Å². The van der Waals surface area contributed by atoms with Gasteiger partial charge in [0.15, 0.2) is 11.6 Å². The molecule has 0 aliphatic rings. The minimum Gasteiger partial charge on any atom is -0.453 e. The molecular weight excluding hydrogens is 541 g/mol. The minimum atomic E-state index is -0.605. The van der Waals surface area contributed by atoms with Crippen LogP contribution in [0.4, 0.5) is 20.6 Å². The number of fused-ring (bicyclic) bond motifs is 1. The van der Waals surface area contributed by atoms with Gasteiger partial charge in [0, 0.05) is 49.1 Å². The number of nitrogens with zero attached hydrogens (tertiary/aromatic N) is 2. The first-order valence-corrected chi connectivity index (χ1v) is 13.8. The van der Waals surface area contributed by atoms with Gasteiger partial charge in [-0.25, -0.2) is 9.18 Å². The molecule has 10 heteroatoms. The topological polar surface area (TPSA) is 87.8 Å². The first-order valence-electron chi connectivity index (χ1n) is 13.0. The highest BCUT2D eigenvalue weighted by Crippen LogP contribution is 2.39. The number of likely N-dealkylation sites (N-methyl/N-ethyl adjacent to an activating group) is 1. The van der Waals surface area contributed by atoms with Crippen LogP contribution in [0.1, 0.15) is 5.56 Å². The second kappa shape index (κ2) is 13.2. The predicted octanol–water partition coefficient (Wildman–Crippen LogP) is 7.12. The number of aromatic nitrogens is 1. The number of hydrazine groups is 1. The molecule has 2 aromatic heterocycles. The maximum atomic E-state index is 15.0. The standard InChI is InChI=1S/C31H30FN5O3S/c1-37(16-17-39-2)20-21-8-10-22(11-9-21)29-19-26-30(41-29)28(14-15-33-26)40-27-13-12-24(18-25(27)32)34-31(38)36-35-23-6-4-3-5-7-23/h3-15,18-19,35H,16-17,20H2,1-2H3,(H2,34,36,38). The summed E-state index contributed by atoms with van der Waals surface area (Å²) in [5.41, 5.74) is 9.35. The number of para-hydroxylation sites is 1. The average molecular weight is 572 g/mol. The summed E-state index contributed by atoms with van der Waals surface area (Å²) in [4.78, 5) is 19.9. The van der Waals surface area contributed by atoms with Gasteiger partial charge in [-0.05, 0) is 48.5 Å². The first kappa shape index (κ1) is 28.0. The average Bonchev–Trinajstić information content (AvgIpc) is 3.43. The molecule has 0 bridgehead atoms. The molecule has 3 N–H and O–H groups in total. The number of benzene rings is 3. The van der Waals surface area contributed by atoms with Crippen LogP contribution in [0, 0.1) is 5.82 Å². The number of pyridine rings is 1. The van der Waals surface area contributed by atoms with Crippen LogP contribution in [0.2, 0.25) is 0 Å². The van der Waals surface area contributed by atoms with Crippen molar-refractivity contribution >= 4 is 39.0 Å². The number of halogens is 1. The Bertz CT molecular complexity index is 1610. The Kier molecular flexibility index (Phi) is 9.05. The van der Waals surface area contributed by atoms with E-state index in [0.29, 0.717) is 12.4 Å². The van der Waals surface area contributed by atoms with Crippen LogP contribution in [-0.2, 0) is 11.3 Å². The van der Waals surface area contributed by atoms with E-state index in [9.17, 15) is 9.18 Å². The molecule has 5 rings (SSSR count). The van der Waals surface area contributed by atoms with Crippen molar-refractivity contribution in [1.82, 2.24) is 15.3 Å². The number of hydrogen-bond acceptors (Lipinski definition) is 7. The van der Waals surface area contributed by atoms with Crippen molar-refractivity contribution < 1.29 is 18.7 Å². The molecule has 0 fully saturated rings. The molecular formula is C31H30FN5O3S. The number of nitrogens with one attached hydrogen (secondary N) is 3. The minimum absolute atomic E-state index is 0.0442. The Hall–Kier alpha value is -4.51. The lowest BCUT2D eigenvalue weighted by Crippen LogP contribution is -2.33. The van der Waals surface area contributed by atoms with Gasteiger partial charge < -0.3 is 14.8 Å². The summed E-state index contributed by atoms with van der Waals surface area (Å²) in [6.07, 6.45) is 1.64. The summed E-state index contributed by atoms with van der Waals surface area (Å²) < 4.78 is 26.9. The summed E-state index contributed by atoms with van der Waals surface area (Å²) in [6.45, 7) is 2.40. The van der Waals surface area contributed by atoms with E-state index >= 15 is 0 Å². The second-order valence-corrected chi connectivity index (χ2v) is 10.4. The summed E-state index contributed by atoms with van der Waals surface area (Å²) in [6, 6.07) is 25.1. The van der Waals surface area contributed by atoms with Gasteiger partial charge in [-0.15, -0.1) is 11.3 Å². The smallest absolute Gasteiger partial charge is 0.337 e. The Morgan fingerprint density at radius 2 is 1.78 bits per heavy atom. The highest BCUT2D eigenvalue weighted by molar-refractivity contribution is 7.22. The monoisotopic (exact) mass is 571 g/mol. The van der Waals surface area contributed by atoms with Crippen molar-refractivity contribution in [2.75, 3.05) is 38.1 Å². The van der Waals surface area contributed by atoms with Gasteiger partial charge in [-0.3, -0.25) is 20.7 Å². The number of carbonyl (C=O) groups excluding carboxylic acids is 1. The Morgan fingerprint density at radius 1 is 0.976 bits per heavy atom. The van der Waals surface area contributed by atoms with Gasteiger partial charge in [-0.2, -0.15) is 0 Å². The van der Waals surface area contributed by atoms with Crippen molar-refractivity contribution in [3.05, 3.63) is 103 Å². The molecule has 5 aromatic rings. The molecule has 0 aliphatic heterocycles. The van der Waals surface area contributed by atoms with Crippen LogP contribution < -0.4 is 20.9 Å². The Labute approximate surface area is 241 Å². The lowest BCUT2D eigenvalue weighted by Gasteiger charge is -2.16. The predicted molar refractivity (Wildman–Crippen MR) is 162 cm³/mol. The molecule has 0 radical (unpaired) electrons. The third kappa shape index (κ3) is 7.37. The van der Waals surface area contributed by atoms with E-state index < -0.39 is 11.8 Å². The van der Waals surface area contributed by atoms with E-state index in [4.69, 9.17) is 9.47 Å². The van der Waals surface area contributed by atoms with Gasteiger partial charge >= 0.3 is 6.03 Å². The van der Waals surface area contributed by atoms with Crippen LogP contribution in [0.15, 0.2) is 91.1 Å². The van der Waals surface area contributed by atoms with Crippen LogP contribution in [-0.4, -0.2) is 43.2 Å². The zero-order valence-electron chi connectivity index (χ0n) is 22.7. The maximum Gasteiger partial charge on any atom is 0.337 e. The molecule has 2 heterocycles. The molecule has 0 saturated carbocycles. The molecule has 2 amide bonds. The molecule has 8 nitrogen and oxygen atoms in total. The van der Waals surface area contributed by atoms with Crippen LogP contribution in [0.3, 0.4) is 0 Å². The number of ether oxygens (including phenoxy) is 2. The molecule has 0 atom stereocenters. The van der Waals surface area contributed by atoms with Crippen molar-refractivity contribution in [1.29, 1.82) is 0 Å². The number of hydrogen-bond donors (Lipinski definition) is 3. The Morgan fingerprint density at radius 3 is 2.54 bits per heavy atom. The quantitative estimate of drug-likeness (QED) is 0.146. The third-order valence-corrected chi connectivity index (χ3v) is 7.44. The fraction of sp³-hybridized carbons (Fsp3) is 0.161. The van der Waals surface area contributed by atoms with E-state index in [1.54, 1.807) is 37.6 Å². The molecule has 0 unspecified atom stereocenters. The van der Waals surface area contributed by atoms with E-state index in [1.165, 1.54) is 29.0 Å². The highest BCUT2D eigenvalue weighted by atomic mass is 32.1. The van der Waals surface area contributed by atoms with E-state index in [2.05, 4.69) is 57.4 Å². The third-order valence-electron chi connectivity index (χ3n) is 6.25. The van der Waals surface area contributed by atoms with Crippen LogP contribution in [0.5, 0.6) is 11.5 Å².